The number of nitrogens with zero attached hydrogens (tertiary/aromatic N) is 4. The molecule has 1 aromatic heterocycles. The summed E-state index contributed by atoms with van der Waals surface area (Å²) in [7, 11) is 0. The molecular weight excluding hydrogens is 928 g/mol. The van der Waals surface area contributed by atoms with Crippen LogP contribution in [0.25, 0.3) is 16.1 Å². The van der Waals surface area contributed by atoms with Crippen LogP contribution in [-0.4, -0.2) is 70.1 Å². The number of terminal acetylenes is 1. The summed E-state index contributed by atoms with van der Waals surface area (Å²) in [6.07, 6.45) is 8.29. The van der Waals surface area contributed by atoms with Crippen LogP contribution in [0.2, 0.25) is 0 Å². The average Bonchev–Trinajstić information content (AvgIpc) is 3.55. The van der Waals surface area contributed by atoms with Crippen LogP contribution < -0.4 is 0 Å². The maximum Gasteiger partial charge on any atom is 0.561 e. The summed E-state index contributed by atoms with van der Waals surface area (Å²) in [5.41, 5.74) is 4.99. The Morgan fingerprint density at radius 1 is 0.983 bits per heavy atom. The summed E-state index contributed by atoms with van der Waals surface area (Å²) in [5.74, 6) is 8.65. The second-order valence-electron chi connectivity index (χ2n) is 15.4. The van der Waals surface area contributed by atoms with E-state index in [-0.39, 0.29) is 28.2 Å². The second kappa shape index (κ2) is 25.5. The van der Waals surface area contributed by atoms with Gasteiger partial charge in [-0.25, -0.2) is 9.78 Å². The monoisotopic (exact) mass is 984 g/mol. The Morgan fingerprint density at radius 2 is 1.62 bits per heavy atom. The predicted octanol–water partition coefficient (Wildman–Crippen LogP) is 11.2. The molecule has 324 valence electrons. The van der Waals surface area contributed by atoms with Crippen molar-refractivity contribution in [2.45, 2.75) is 123 Å². The van der Waals surface area contributed by atoms with Crippen LogP contribution in [0.4, 0.5) is 4.79 Å². The van der Waals surface area contributed by atoms with Gasteiger partial charge >= 0.3 is 12.1 Å². The molecule has 0 radical (unpaired) electrons. The zero-order valence-corrected chi connectivity index (χ0v) is 41.2. The van der Waals surface area contributed by atoms with Crippen LogP contribution in [0.1, 0.15) is 128 Å². The molecule has 1 amide bonds. The highest BCUT2D eigenvalue weighted by atomic mass is 79.9. The van der Waals surface area contributed by atoms with Gasteiger partial charge in [0.05, 0.1) is 31.5 Å². The third kappa shape index (κ3) is 16.2. The van der Waals surface area contributed by atoms with Gasteiger partial charge in [0.1, 0.15) is 34.3 Å². The molecule has 1 aliphatic heterocycles. The van der Waals surface area contributed by atoms with Gasteiger partial charge in [0.25, 0.3) is 0 Å². The van der Waals surface area contributed by atoms with E-state index in [2.05, 4.69) is 77.4 Å². The van der Waals surface area contributed by atoms with Crippen molar-refractivity contribution in [3.05, 3.63) is 97.3 Å². The number of ether oxygens (including phenoxy) is 2. The number of pyridine rings is 1. The van der Waals surface area contributed by atoms with Crippen LogP contribution in [-0.2, 0) is 38.7 Å². The van der Waals surface area contributed by atoms with Crippen molar-refractivity contribution in [1.29, 1.82) is 0 Å². The van der Waals surface area contributed by atoms with Gasteiger partial charge < -0.3 is 18.6 Å². The number of benzene rings is 2. The van der Waals surface area contributed by atoms with Gasteiger partial charge in [0, 0.05) is 48.4 Å². The Labute approximate surface area is 381 Å². The molecule has 2 aromatic carbocycles. The minimum Gasteiger partial charge on any atom is -0.597 e. The minimum atomic E-state index is -1.19. The van der Waals surface area contributed by atoms with Crippen molar-refractivity contribution >= 4 is 66.6 Å². The van der Waals surface area contributed by atoms with Crippen molar-refractivity contribution in [2.24, 2.45) is 0 Å². The van der Waals surface area contributed by atoms with Crippen molar-refractivity contribution < 1.29 is 28.2 Å². The fourth-order valence-electron chi connectivity index (χ4n) is 5.96. The molecule has 3 aromatic rings. The van der Waals surface area contributed by atoms with Gasteiger partial charge in [-0.3, -0.25) is 4.79 Å². The molecule has 4 rings (SSSR count). The van der Waals surface area contributed by atoms with E-state index in [0.29, 0.717) is 25.4 Å². The Balaban J connectivity index is 0.000000366. The molecule has 0 saturated heterocycles. The number of halogens is 2. The number of aromatic nitrogens is 1. The first-order chi connectivity index (χ1) is 28.3. The minimum absolute atomic E-state index is 0.0113. The van der Waals surface area contributed by atoms with Gasteiger partial charge in [-0.2, -0.15) is 4.85 Å². The van der Waals surface area contributed by atoms with E-state index in [1.165, 1.54) is 0 Å². The summed E-state index contributed by atoms with van der Waals surface area (Å²) in [5, 5.41) is 0. The third-order valence-corrected chi connectivity index (χ3v) is 13.2. The summed E-state index contributed by atoms with van der Waals surface area (Å²) >= 11 is 4.62. The third-order valence-electron chi connectivity index (χ3n) is 8.49. The summed E-state index contributed by atoms with van der Waals surface area (Å²) in [4.78, 5) is 29.6. The maximum absolute atomic E-state index is 13.4. The van der Waals surface area contributed by atoms with Gasteiger partial charge in [-0.1, -0.05) is 94.5 Å². The fourth-order valence-corrected chi connectivity index (χ4v) is 9.45. The lowest BCUT2D eigenvalue weighted by Gasteiger charge is -2.34. The first-order valence-corrected chi connectivity index (χ1v) is 23.7. The molecule has 0 N–H and O–H groups in total. The SMILES string of the molecule is C#CCN([C@@H](C#Cc1cccc(Br)c1)CCC)[S+]([O-])C(C)(C)C.CCC[C@@H]1c2c(cc(C(=O)OCC)nc2-c2cccc(Br)c2)CN1[S+]([O-])C(C)(C)C.[C-]#[N+]C(=O)OCC. The molecule has 0 bridgehead atoms. The fraction of sp³-hybridized carbons (Fsp3) is 0.478. The van der Waals surface area contributed by atoms with Crippen LogP contribution in [0.5, 0.6) is 0 Å². The van der Waals surface area contributed by atoms with E-state index in [0.717, 1.165) is 62.6 Å². The lowest BCUT2D eigenvalue weighted by Crippen LogP contribution is -2.48. The smallest absolute Gasteiger partial charge is 0.561 e. The van der Waals surface area contributed by atoms with Gasteiger partial charge in [0.15, 0.2) is 0 Å². The molecule has 2 heterocycles. The molecule has 2 unspecified atom stereocenters. The Kier molecular flexibility index (Phi) is 22.5. The largest absolute Gasteiger partial charge is 0.597 e. The standard InChI is InChI=1S/C23H29BrN2O3S.C19H24BrNOS.C4H5NO2/c1-6-9-19-20-16(14-26(19)30(28)23(3,4)5)13-18(22(27)29-7-2)25-21(20)15-10-8-11-17(24)12-15;1-6-9-18(13-12-16-10-8-11-17(20)15-16)21(14-7-2)23(22)19(3,4)5;1-3-7-4(6)5-2/h8,10-13,19H,6-7,9,14H2,1-5H3;2,8,10-11,15,18H,6,9,14H2,1,3-5H3;3H2,1H3/t19-,30?;18-,23?;/m11./s1. The Hall–Kier alpha value is -3.36. The van der Waals surface area contributed by atoms with E-state index in [1.807, 2.05) is 100 Å². The summed E-state index contributed by atoms with van der Waals surface area (Å²) in [6.45, 7) is 27.0. The molecule has 0 saturated carbocycles. The van der Waals surface area contributed by atoms with Crippen LogP contribution in [0.15, 0.2) is 63.5 Å². The molecule has 14 heteroatoms. The Morgan fingerprint density at radius 3 is 2.12 bits per heavy atom. The summed E-state index contributed by atoms with van der Waals surface area (Å²) in [6, 6.07) is 17.5. The first-order valence-electron chi connectivity index (χ1n) is 19.9. The number of esters is 1. The van der Waals surface area contributed by atoms with Crippen LogP contribution in [0, 0.1) is 30.8 Å². The quantitative estimate of drug-likeness (QED) is 0.0755. The van der Waals surface area contributed by atoms with Crippen molar-refractivity contribution in [3.8, 4) is 35.4 Å². The zero-order chi connectivity index (χ0) is 45.2. The molecule has 4 atom stereocenters. The number of hydrogen-bond acceptors (Lipinski definition) is 9. The van der Waals surface area contributed by atoms with Gasteiger partial charge in [0.2, 0.25) is 0 Å². The number of carbonyl (C=O) groups excluding carboxylic acids is 2. The second-order valence-corrected chi connectivity index (χ2v) is 21.7. The van der Waals surface area contributed by atoms with Crippen LogP contribution in [0.3, 0.4) is 0 Å². The molecule has 0 fully saturated rings. The molecule has 60 heavy (non-hydrogen) atoms. The van der Waals surface area contributed by atoms with E-state index in [4.69, 9.17) is 22.7 Å². The molecule has 0 spiro atoms. The lowest BCUT2D eigenvalue weighted by molar-refractivity contribution is 0.0519. The van der Waals surface area contributed by atoms with E-state index < -0.39 is 34.8 Å². The summed E-state index contributed by atoms with van der Waals surface area (Å²) < 4.78 is 40.7. The molecular formula is C46H58Br2N4O6S2. The molecule has 0 aliphatic carbocycles. The molecule has 1 aliphatic rings. The highest BCUT2D eigenvalue weighted by Crippen LogP contribution is 2.45. The van der Waals surface area contributed by atoms with E-state index in [1.54, 1.807) is 13.8 Å². The normalized spacial score (nSPS) is 14.9. The first kappa shape index (κ1) is 52.8. The highest BCUT2D eigenvalue weighted by molar-refractivity contribution is 9.10. The van der Waals surface area contributed by atoms with Crippen molar-refractivity contribution in [3.63, 3.8) is 0 Å². The Bertz CT molecular complexity index is 2030. The highest BCUT2D eigenvalue weighted by Gasteiger charge is 2.45. The molecule has 10 nitrogen and oxygen atoms in total. The van der Waals surface area contributed by atoms with Gasteiger partial charge in [-0.15, -0.1) is 15.0 Å². The number of amides is 1. The van der Waals surface area contributed by atoms with E-state index >= 15 is 0 Å². The maximum atomic E-state index is 13.4. The van der Waals surface area contributed by atoms with E-state index in [9.17, 15) is 18.7 Å². The number of rotatable bonds is 12. The number of hydrogen-bond donors (Lipinski definition) is 0. The van der Waals surface area contributed by atoms with Gasteiger partial charge in [-0.05, 0) is 110 Å². The van der Waals surface area contributed by atoms with Crippen LogP contribution >= 0.6 is 31.9 Å². The lowest BCUT2D eigenvalue weighted by atomic mass is 9.95. The van der Waals surface area contributed by atoms with Crippen molar-refractivity contribution in [2.75, 3.05) is 19.8 Å². The zero-order valence-electron chi connectivity index (χ0n) is 36.4. The predicted molar refractivity (Wildman–Crippen MR) is 251 cm³/mol. The average molecular weight is 987 g/mol. The number of fused-ring (bicyclic) bond motifs is 1. The van der Waals surface area contributed by atoms with Crippen molar-refractivity contribution in [1.82, 2.24) is 13.6 Å². The number of carbonyl (C=O) groups is 2. The topological polar surface area (TPSA) is 122 Å².